The van der Waals surface area contributed by atoms with Crippen LogP contribution in [0, 0.1) is 11.3 Å². The number of rotatable bonds is 2. The summed E-state index contributed by atoms with van der Waals surface area (Å²) < 4.78 is 1.76. The number of thiophene rings is 1. The molecule has 0 saturated heterocycles. The van der Waals surface area contributed by atoms with E-state index in [9.17, 15) is 0 Å². The Morgan fingerprint density at radius 2 is 2.17 bits per heavy atom. The monoisotopic (exact) mass is 256 g/mol. The molecule has 0 aliphatic carbocycles. The van der Waals surface area contributed by atoms with Gasteiger partial charge in [0.25, 0.3) is 0 Å². The lowest BCUT2D eigenvalue weighted by atomic mass is 10.2. The molecule has 3 rings (SSSR count). The zero-order chi connectivity index (χ0) is 12.5. The summed E-state index contributed by atoms with van der Waals surface area (Å²) in [6, 6.07) is 5.94. The van der Waals surface area contributed by atoms with Crippen molar-refractivity contribution < 1.29 is 0 Å². The summed E-state index contributed by atoms with van der Waals surface area (Å²) in [4.78, 5) is 2.00. The maximum absolute atomic E-state index is 8.91. The molecule has 0 saturated carbocycles. The highest BCUT2D eigenvalue weighted by molar-refractivity contribution is 7.18. The van der Waals surface area contributed by atoms with Gasteiger partial charge in [-0.2, -0.15) is 20.7 Å². The van der Waals surface area contributed by atoms with Crippen LogP contribution in [0.5, 0.6) is 0 Å². The molecule has 0 aromatic carbocycles. The first-order chi connectivity index (χ1) is 8.78. The van der Waals surface area contributed by atoms with Gasteiger partial charge in [-0.15, -0.1) is 16.4 Å². The van der Waals surface area contributed by atoms with Gasteiger partial charge in [-0.3, -0.25) is 4.68 Å². The predicted octanol–water partition coefficient (Wildman–Crippen LogP) is 1.81. The van der Waals surface area contributed by atoms with Gasteiger partial charge in [-0.05, 0) is 12.1 Å². The van der Waals surface area contributed by atoms with Gasteiger partial charge in [0.2, 0.25) is 0 Å². The van der Waals surface area contributed by atoms with Crippen LogP contribution in [0.3, 0.4) is 0 Å². The van der Waals surface area contributed by atoms with E-state index in [1.807, 2.05) is 37.6 Å². The molecule has 18 heavy (non-hydrogen) atoms. The van der Waals surface area contributed by atoms with Gasteiger partial charge in [0.05, 0.1) is 11.1 Å². The third-order valence-corrected chi connectivity index (χ3v) is 3.62. The average molecular weight is 256 g/mol. The number of nitrogens with one attached hydrogen (secondary N) is 1. The SMILES string of the molecule is Cn1cc(-c2ccc(-c3n[nH]nc3C#N)s2)cn1. The van der Waals surface area contributed by atoms with Gasteiger partial charge in [0.1, 0.15) is 11.8 Å². The summed E-state index contributed by atoms with van der Waals surface area (Å²) in [6.07, 6.45) is 3.76. The summed E-state index contributed by atoms with van der Waals surface area (Å²) in [6.45, 7) is 0. The molecular weight excluding hydrogens is 248 g/mol. The number of aromatic nitrogens is 5. The Hall–Kier alpha value is -2.46. The summed E-state index contributed by atoms with van der Waals surface area (Å²) in [7, 11) is 1.88. The van der Waals surface area contributed by atoms with Crippen LogP contribution in [-0.2, 0) is 7.05 Å². The summed E-state index contributed by atoms with van der Waals surface area (Å²) in [5, 5.41) is 23.3. The fourth-order valence-electron chi connectivity index (χ4n) is 1.65. The molecule has 0 atom stereocenters. The average Bonchev–Trinajstić information content (AvgIpc) is 3.07. The van der Waals surface area contributed by atoms with Crippen molar-refractivity contribution in [2.24, 2.45) is 7.05 Å². The van der Waals surface area contributed by atoms with Crippen molar-refractivity contribution in [2.45, 2.75) is 0 Å². The van der Waals surface area contributed by atoms with Crippen LogP contribution in [0.2, 0.25) is 0 Å². The van der Waals surface area contributed by atoms with Gasteiger partial charge >= 0.3 is 0 Å². The largest absolute Gasteiger partial charge is 0.275 e. The smallest absolute Gasteiger partial charge is 0.191 e. The first-order valence-corrected chi connectivity index (χ1v) is 5.99. The second-order valence-electron chi connectivity index (χ2n) is 3.70. The van der Waals surface area contributed by atoms with E-state index in [4.69, 9.17) is 5.26 Å². The highest BCUT2D eigenvalue weighted by Crippen LogP contribution is 2.33. The summed E-state index contributed by atoms with van der Waals surface area (Å²) in [5.74, 6) is 0. The molecule has 0 aliphatic rings. The minimum Gasteiger partial charge on any atom is -0.275 e. The van der Waals surface area contributed by atoms with Crippen LogP contribution >= 0.6 is 11.3 Å². The zero-order valence-electron chi connectivity index (χ0n) is 9.45. The van der Waals surface area contributed by atoms with Crippen molar-refractivity contribution in [3.8, 4) is 27.1 Å². The Labute approximate surface area is 107 Å². The van der Waals surface area contributed by atoms with Crippen LogP contribution in [0.15, 0.2) is 24.5 Å². The maximum Gasteiger partial charge on any atom is 0.191 e. The fraction of sp³-hybridized carbons (Fsp3) is 0.0909. The second kappa shape index (κ2) is 4.09. The topological polar surface area (TPSA) is 83.2 Å². The lowest BCUT2D eigenvalue weighted by molar-refractivity contribution is 0.768. The van der Waals surface area contributed by atoms with Gasteiger partial charge in [-0.1, -0.05) is 0 Å². The van der Waals surface area contributed by atoms with Crippen LogP contribution < -0.4 is 0 Å². The van der Waals surface area contributed by atoms with E-state index in [0.29, 0.717) is 11.4 Å². The zero-order valence-corrected chi connectivity index (χ0v) is 10.3. The minimum absolute atomic E-state index is 0.314. The molecule has 0 aliphatic heterocycles. The standard InChI is InChI=1S/C11H8N6S/c1-17-6-7(5-13-17)9-2-3-10(18-9)11-8(4-12)14-16-15-11/h2-3,5-6H,1H3,(H,14,15,16). The highest BCUT2D eigenvalue weighted by atomic mass is 32.1. The Kier molecular flexibility index (Phi) is 2.42. The van der Waals surface area contributed by atoms with E-state index in [1.165, 1.54) is 0 Å². The number of hydrogen-bond acceptors (Lipinski definition) is 5. The van der Waals surface area contributed by atoms with Crippen molar-refractivity contribution in [1.82, 2.24) is 25.2 Å². The Bertz CT molecular complexity index is 729. The number of H-pyrrole nitrogens is 1. The van der Waals surface area contributed by atoms with Gasteiger partial charge in [-0.25, -0.2) is 0 Å². The van der Waals surface area contributed by atoms with Crippen molar-refractivity contribution in [3.05, 3.63) is 30.2 Å². The third-order valence-electron chi connectivity index (χ3n) is 2.48. The molecule has 0 unspecified atom stereocenters. The molecular formula is C11H8N6S. The molecule has 3 aromatic rings. The number of nitrogens with zero attached hydrogens (tertiary/aromatic N) is 5. The summed E-state index contributed by atoms with van der Waals surface area (Å²) in [5.41, 5.74) is 1.96. The Morgan fingerprint density at radius 3 is 2.89 bits per heavy atom. The molecule has 0 spiro atoms. The second-order valence-corrected chi connectivity index (χ2v) is 4.78. The van der Waals surface area contributed by atoms with E-state index in [0.717, 1.165) is 15.3 Å². The molecule has 3 aromatic heterocycles. The molecule has 0 amide bonds. The van der Waals surface area contributed by atoms with Gasteiger partial charge < -0.3 is 0 Å². The Morgan fingerprint density at radius 1 is 1.33 bits per heavy atom. The quantitative estimate of drug-likeness (QED) is 0.757. The molecule has 7 heteroatoms. The molecule has 0 radical (unpaired) electrons. The highest BCUT2D eigenvalue weighted by Gasteiger charge is 2.13. The first-order valence-electron chi connectivity index (χ1n) is 5.18. The van der Waals surface area contributed by atoms with Crippen molar-refractivity contribution in [1.29, 1.82) is 5.26 Å². The minimum atomic E-state index is 0.314. The van der Waals surface area contributed by atoms with E-state index >= 15 is 0 Å². The van der Waals surface area contributed by atoms with Gasteiger partial charge in [0, 0.05) is 23.7 Å². The molecule has 88 valence electrons. The van der Waals surface area contributed by atoms with Crippen LogP contribution in [-0.4, -0.2) is 25.2 Å². The Balaban J connectivity index is 2.02. The summed E-state index contributed by atoms with van der Waals surface area (Å²) >= 11 is 1.56. The van der Waals surface area contributed by atoms with Gasteiger partial charge in [0.15, 0.2) is 5.69 Å². The lowest BCUT2D eigenvalue weighted by Crippen LogP contribution is -1.83. The van der Waals surface area contributed by atoms with Crippen molar-refractivity contribution >= 4 is 11.3 Å². The lowest BCUT2D eigenvalue weighted by Gasteiger charge is -1.89. The number of hydrogen-bond donors (Lipinski definition) is 1. The van der Waals surface area contributed by atoms with Crippen LogP contribution in [0.1, 0.15) is 5.69 Å². The van der Waals surface area contributed by atoms with Crippen molar-refractivity contribution in [3.63, 3.8) is 0 Å². The molecule has 0 bridgehead atoms. The number of nitriles is 1. The normalized spacial score (nSPS) is 10.4. The van der Waals surface area contributed by atoms with Crippen molar-refractivity contribution in [2.75, 3.05) is 0 Å². The molecule has 3 heterocycles. The number of aromatic amines is 1. The molecule has 6 nitrogen and oxygen atoms in total. The van der Waals surface area contributed by atoms with E-state index in [1.54, 1.807) is 16.0 Å². The fourth-order valence-corrected chi connectivity index (χ4v) is 2.62. The van der Waals surface area contributed by atoms with E-state index in [-0.39, 0.29) is 0 Å². The molecule has 0 fully saturated rings. The predicted molar refractivity (Wildman–Crippen MR) is 66.6 cm³/mol. The van der Waals surface area contributed by atoms with Crippen LogP contribution in [0.25, 0.3) is 21.0 Å². The van der Waals surface area contributed by atoms with E-state index in [2.05, 4.69) is 20.5 Å². The maximum atomic E-state index is 8.91. The van der Waals surface area contributed by atoms with Crippen LogP contribution in [0.4, 0.5) is 0 Å². The first kappa shape index (κ1) is 10.7. The molecule has 1 N–H and O–H groups in total. The van der Waals surface area contributed by atoms with E-state index < -0.39 is 0 Å². The number of aryl methyl sites for hydroxylation is 1. The third kappa shape index (κ3) is 1.69.